The summed E-state index contributed by atoms with van der Waals surface area (Å²) in [6.45, 7) is 2.18. The molecule has 11 heteroatoms. The lowest BCUT2D eigenvalue weighted by Crippen LogP contribution is -2.31. The summed E-state index contributed by atoms with van der Waals surface area (Å²) >= 11 is 0. The fourth-order valence-electron chi connectivity index (χ4n) is 3.72. The molecule has 8 nitrogen and oxygen atoms in total. The Bertz CT molecular complexity index is 1120. The molecule has 178 valence electrons. The fraction of sp³-hybridized carbons (Fsp3) is 0.409. The Hall–Kier alpha value is -3.34. The molecule has 33 heavy (non-hydrogen) atoms. The van der Waals surface area contributed by atoms with E-state index in [0.717, 1.165) is 53.6 Å². The number of nitrogens with zero attached hydrogens (tertiary/aromatic N) is 4. The van der Waals surface area contributed by atoms with E-state index in [1.165, 1.54) is 6.42 Å². The highest BCUT2D eigenvalue weighted by atomic mass is 19.4. The van der Waals surface area contributed by atoms with Crippen LogP contribution in [0, 0.1) is 0 Å². The molecule has 0 saturated carbocycles. The van der Waals surface area contributed by atoms with Gasteiger partial charge in [-0.2, -0.15) is 18.3 Å². The van der Waals surface area contributed by atoms with E-state index < -0.39 is 12.1 Å². The van der Waals surface area contributed by atoms with Crippen LogP contribution in [0.1, 0.15) is 24.6 Å². The summed E-state index contributed by atoms with van der Waals surface area (Å²) in [4.78, 5) is 16.0. The van der Waals surface area contributed by atoms with E-state index in [2.05, 4.69) is 18.0 Å². The first-order chi connectivity index (χ1) is 15.6. The molecule has 3 aromatic rings. The third-order valence-electron chi connectivity index (χ3n) is 5.29. The molecular formula is C22H25F3N4O4. The lowest BCUT2D eigenvalue weighted by molar-refractivity contribution is -0.192. The molecule has 0 bridgehead atoms. The van der Waals surface area contributed by atoms with E-state index in [1.807, 2.05) is 35.0 Å². The van der Waals surface area contributed by atoms with Crippen LogP contribution < -0.4 is 9.47 Å². The molecule has 1 aliphatic heterocycles. The van der Waals surface area contributed by atoms with E-state index in [4.69, 9.17) is 29.5 Å². The number of carboxylic acids is 1. The van der Waals surface area contributed by atoms with Gasteiger partial charge in [0.2, 0.25) is 0 Å². The second kappa shape index (κ2) is 10.1. The predicted molar refractivity (Wildman–Crippen MR) is 115 cm³/mol. The Morgan fingerprint density at radius 3 is 2.52 bits per heavy atom. The molecule has 1 unspecified atom stereocenters. The number of likely N-dealkylation sites (tertiary alicyclic amines) is 1. The van der Waals surface area contributed by atoms with Crippen molar-refractivity contribution < 1.29 is 32.5 Å². The largest absolute Gasteiger partial charge is 0.493 e. The number of halogens is 3. The van der Waals surface area contributed by atoms with E-state index in [-0.39, 0.29) is 0 Å². The monoisotopic (exact) mass is 466 g/mol. The molecular weight excluding hydrogens is 441 g/mol. The number of hydrogen-bond acceptors (Lipinski definition) is 6. The minimum Gasteiger partial charge on any atom is -0.493 e. The Kier molecular flexibility index (Phi) is 7.42. The van der Waals surface area contributed by atoms with E-state index in [9.17, 15) is 13.2 Å². The average Bonchev–Trinajstić information content (AvgIpc) is 3.21. The maximum atomic E-state index is 10.6. The van der Waals surface area contributed by atoms with Gasteiger partial charge in [-0.3, -0.25) is 0 Å². The van der Waals surface area contributed by atoms with Crippen LogP contribution in [0.15, 0.2) is 36.5 Å². The van der Waals surface area contributed by atoms with Crippen molar-refractivity contribution in [2.45, 2.75) is 24.9 Å². The summed E-state index contributed by atoms with van der Waals surface area (Å²) in [6.07, 6.45) is -0.726. The number of methoxy groups -OCH3 is 2. The van der Waals surface area contributed by atoms with Crippen LogP contribution in [0.2, 0.25) is 0 Å². The molecule has 1 saturated heterocycles. The van der Waals surface area contributed by atoms with Crippen molar-refractivity contribution in [2.24, 2.45) is 0 Å². The second-order valence-corrected chi connectivity index (χ2v) is 7.64. The van der Waals surface area contributed by atoms with Gasteiger partial charge < -0.3 is 19.5 Å². The quantitative estimate of drug-likeness (QED) is 0.625. The van der Waals surface area contributed by atoms with Crippen molar-refractivity contribution in [3.63, 3.8) is 0 Å². The normalized spacial score (nSPS) is 16.7. The molecule has 1 aromatic carbocycles. The number of ether oxygens (including phenoxy) is 2. The molecule has 1 atom stereocenters. The highest BCUT2D eigenvalue weighted by Gasteiger charge is 2.38. The van der Waals surface area contributed by atoms with Crippen LogP contribution in [0.3, 0.4) is 0 Å². The highest BCUT2D eigenvalue weighted by Crippen LogP contribution is 2.37. The van der Waals surface area contributed by atoms with Crippen LogP contribution in [-0.2, 0) is 4.79 Å². The first-order valence-corrected chi connectivity index (χ1v) is 10.2. The number of fused-ring (bicyclic) bond motifs is 1. The number of carbonyl (C=O) groups is 1. The second-order valence-electron chi connectivity index (χ2n) is 7.64. The molecule has 1 fully saturated rings. The number of carboxylic acid groups (broad SMARTS) is 1. The topological polar surface area (TPSA) is 89.2 Å². The summed E-state index contributed by atoms with van der Waals surface area (Å²) < 4.78 is 44.6. The van der Waals surface area contributed by atoms with Crippen LogP contribution in [0.5, 0.6) is 11.5 Å². The number of likely N-dealkylation sites (N-methyl/N-ethyl adjacent to an activating group) is 1. The zero-order valence-corrected chi connectivity index (χ0v) is 18.5. The molecule has 0 amide bonds. The molecule has 0 aliphatic carbocycles. The number of hydrogen-bond donors (Lipinski definition) is 1. The van der Waals surface area contributed by atoms with E-state index >= 15 is 0 Å². The number of benzene rings is 1. The average molecular weight is 466 g/mol. The Labute approximate surface area is 188 Å². The SMILES string of the molecule is COc1cccc(-c2ccc3nc(C4CCCN(C)C4)nn3c2)c1OC.O=C(O)C(F)(F)F. The maximum absolute atomic E-state index is 10.6. The maximum Gasteiger partial charge on any atom is 0.490 e. The first-order valence-electron chi connectivity index (χ1n) is 10.2. The van der Waals surface area contributed by atoms with Crippen molar-refractivity contribution in [3.05, 3.63) is 42.4 Å². The van der Waals surface area contributed by atoms with Crippen LogP contribution in [-0.4, -0.2) is 71.1 Å². The molecule has 3 heterocycles. The number of aromatic nitrogens is 3. The minimum atomic E-state index is -5.08. The zero-order chi connectivity index (χ0) is 24.2. The van der Waals surface area contributed by atoms with Crippen molar-refractivity contribution in [1.82, 2.24) is 19.5 Å². The molecule has 1 N–H and O–H groups in total. The summed E-state index contributed by atoms with van der Waals surface area (Å²) in [5.41, 5.74) is 2.87. The molecule has 2 aromatic heterocycles. The molecule has 0 radical (unpaired) electrons. The summed E-state index contributed by atoms with van der Waals surface area (Å²) in [7, 11) is 5.47. The summed E-state index contributed by atoms with van der Waals surface area (Å²) in [6, 6.07) is 9.95. The number of rotatable bonds is 4. The molecule has 0 spiro atoms. The Morgan fingerprint density at radius 1 is 1.18 bits per heavy atom. The van der Waals surface area contributed by atoms with Gasteiger partial charge in [0.15, 0.2) is 23.0 Å². The van der Waals surface area contributed by atoms with Crippen LogP contribution in [0.4, 0.5) is 13.2 Å². The van der Waals surface area contributed by atoms with Crippen molar-refractivity contribution >= 4 is 11.6 Å². The van der Waals surface area contributed by atoms with E-state index in [0.29, 0.717) is 5.92 Å². The minimum absolute atomic E-state index is 0.406. The number of alkyl halides is 3. The van der Waals surface area contributed by atoms with Gasteiger partial charge in [0.05, 0.1) is 14.2 Å². The van der Waals surface area contributed by atoms with Gasteiger partial charge in [0, 0.05) is 29.8 Å². The zero-order valence-electron chi connectivity index (χ0n) is 18.5. The molecule has 1 aliphatic rings. The van der Waals surface area contributed by atoms with Gasteiger partial charge in [-0.1, -0.05) is 12.1 Å². The smallest absolute Gasteiger partial charge is 0.490 e. The van der Waals surface area contributed by atoms with Gasteiger partial charge in [0.1, 0.15) is 0 Å². The third kappa shape index (κ3) is 5.72. The number of para-hydroxylation sites is 1. The van der Waals surface area contributed by atoms with Crippen molar-refractivity contribution in [2.75, 3.05) is 34.4 Å². The predicted octanol–water partition coefficient (Wildman–Crippen LogP) is 3.86. The van der Waals surface area contributed by atoms with Crippen LogP contribution in [0.25, 0.3) is 16.8 Å². The van der Waals surface area contributed by atoms with Gasteiger partial charge in [-0.05, 0) is 44.6 Å². The van der Waals surface area contributed by atoms with Crippen molar-refractivity contribution in [3.8, 4) is 22.6 Å². The Morgan fingerprint density at radius 2 is 1.91 bits per heavy atom. The Balaban J connectivity index is 0.000000383. The standard InChI is InChI=1S/C20H24N4O2.C2HF3O2/c1-23-11-5-6-15(12-23)20-21-18-10-9-14(13-24(18)22-20)16-7-4-8-17(25-2)19(16)26-3;3-2(4,5)1(6)7/h4,7-10,13,15H,5-6,11-12H2,1-3H3;(H,6,7). The molecule has 4 rings (SSSR count). The lowest BCUT2D eigenvalue weighted by Gasteiger charge is -2.27. The van der Waals surface area contributed by atoms with Gasteiger partial charge in [-0.15, -0.1) is 0 Å². The van der Waals surface area contributed by atoms with E-state index in [1.54, 1.807) is 14.2 Å². The summed E-state index contributed by atoms with van der Waals surface area (Å²) in [5, 5.41) is 11.9. The number of aliphatic carboxylic acids is 1. The van der Waals surface area contributed by atoms with Gasteiger partial charge in [-0.25, -0.2) is 14.3 Å². The van der Waals surface area contributed by atoms with Gasteiger partial charge >= 0.3 is 12.1 Å². The van der Waals surface area contributed by atoms with Gasteiger partial charge in [0.25, 0.3) is 0 Å². The highest BCUT2D eigenvalue weighted by molar-refractivity contribution is 5.74. The fourth-order valence-corrected chi connectivity index (χ4v) is 3.72. The summed E-state index contributed by atoms with van der Waals surface area (Å²) in [5.74, 6) is 0.0282. The number of piperidine rings is 1. The third-order valence-corrected chi connectivity index (χ3v) is 5.29. The number of pyridine rings is 1. The lowest BCUT2D eigenvalue weighted by atomic mass is 9.98. The van der Waals surface area contributed by atoms with Crippen molar-refractivity contribution in [1.29, 1.82) is 0 Å². The first kappa shape index (κ1) is 24.3. The van der Waals surface area contributed by atoms with Crippen LogP contribution >= 0.6 is 0 Å².